The number of hydrogen-bond donors (Lipinski definition) is 3. The Morgan fingerprint density at radius 3 is 2.07 bits per heavy atom. The molecule has 12 nitrogen and oxygen atoms in total. The average Bonchev–Trinajstić information content (AvgIpc) is 3.65. The van der Waals surface area contributed by atoms with Crippen LogP contribution in [0.5, 0.6) is 0 Å². The minimum Gasteiger partial charge on any atom is -0.394 e. The fourth-order valence-electron chi connectivity index (χ4n) is 5.57. The summed E-state index contributed by atoms with van der Waals surface area (Å²) in [7, 11) is 7.63. The van der Waals surface area contributed by atoms with Gasteiger partial charge < -0.3 is 58.0 Å². The maximum atomic E-state index is 9.77. The zero-order valence-electron chi connectivity index (χ0n) is 24.7. The summed E-state index contributed by atoms with van der Waals surface area (Å²) in [6.07, 6.45) is -5.30. The van der Waals surface area contributed by atoms with E-state index in [0.717, 1.165) is 11.1 Å². The third-order valence-corrected chi connectivity index (χ3v) is 8.58. The summed E-state index contributed by atoms with van der Waals surface area (Å²) >= 11 is 0. The summed E-state index contributed by atoms with van der Waals surface area (Å²) in [5, 5.41) is 27.9. The zero-order valence-corrected chi connectivity index (χ0v) is 28.2. The highest BCUT2D eigenvalue weighted by atomic mass is 31.0. The lowest BCUT2D eigenvalue weighted by molar-refractivity contribution is -0.375. The van der Waals surface area contributed by atoms with Crippen LogP contribution in [0, 0.1) is 0 Å². The lowest BCUT2D eigenvalue weighted by Crippen LogP contribution is -2.59. The molecule has 0 aromatic heterocycles. The summed E-state index contributed by atoms with van der Waals surface area (Å²) in [5.74, 6) is 0. The van der Waals surface area contributed by atoms with Crippen LogP contribution in [0.3, 0.4) is 0 Å². The Kier molecular flexibility index (Phi) is 13.9. The van der Waals surface area contributed by atoms with Crippen molar-refractivity contribution in [2.75, 3.05) is 38.7 Å². The van der Waals surface area contributed by atoms with Gasteiger partial charge in [-0.3, -0.25) is 0 Å². The van der Waals surface area contributed by atoms with E-state index >= 15 is 0 Å². The molecule has 15 unspecified atom stereocenters. The third kappa shape index (κ3) is 8.84. The molecule has 0 aliphatic carbocycles. The Hall–Kier alpha value is -0.750. The van der Waals surface area contributed by atoms with Gasteiger partial charge in [0.05, 0.1) is 32.5 Å². The number of aliphatic hydroxyl groups excluding tert-OH is 3. The smallest absolute Gasteiger partial charge is 0.190 e. The molecule has 4 aliphatic rings. The van der Waals surface area contributed by atoms with E-state index in [9.17, 15) is 10.2 Å². The van der Waals surface area contributed by atoms with Crippen LogP contribution in [0.2, 0.25) is 0 Å². The first-order valence-electron chi connectivity index (χ1n) is 14.9. The van der Waals surface area contributed by atoms with E-state index in [1.807, 2.05) is 60.7 Å². The standard InChI is InChI=1S/C22H28O6P2.C8H15O6P/c29-13-23-11-17(25-14-30)19-20-18(26-22(28-19)16-9-5-2-6-10-16)12-24-21(27-20)15-7-3-1-4-8-15;9-1-3(10)6-5(11)7-8(14-6)13-4(2-15)12-7/h1-10,17-22H,11-14,29-30H2;3-11H,1-2,15H2. The topological polar surface area (TPSA) is 144 Å². The Labute approximate surface area is 269 Å². The first-order chi connectivity index (χ1) is 22.0. The fourth-order valence-corrected chi connectivity index (χ4v) is 6.17. The number of hydrogen-bond acceptors (Lipinski definition) is 12. The lowest BCUT2D eigenvalue weighted by Gasteiger charge is -2.47. The molecule has 0 spiro atoms. The Morgan fingerprint density at radius 2 is 1.47 bits per heavy atom. The number of aliphatic hydroxyl groups is 3. The second-order valence-corrected chi connectivity index (χ2v) is 11.9. The van der Waals surface area contributed by atoms with Crippen molar-refractivity contribution in [1.29, 1.82) is 0 Å². The SMILES string of the molecule is OCC(O)C1OC2OC(CP)OC2C1O.PCOCC(OCP)C1OC(c2ccccc2)OC2COC(c3ccccc3)OC21. The van der Waals surface area contributed by atoms with Crippen LogP contribution in [0.25, 0.3) is 0 Å². The molecule has 250 valence electrons. The molecule has 45 heavy (non-hydrogen) atoms. The van der Waals surface area contributed by atoms with E-state index in [-0.39, 0.29) is 24.4 Å². The van der Waals surface area contributed by atoms with E-state index < -0.39 is 56.2 Å². The largest absolute Gasteiger partial charge is 0.394 e. The highest BCUT2D eigenvalue weighted by Gasteiger charge is 2.53. The number of benzene rings is 2. The van der Waals surface area contributed by atoms with Gasteiger partial charge in [-0.15, -0.1) is 27.7 Å². The monoisotopic (exact) mass is 688 g/mol. The summed E-state index contributed by atoms with van der Waals surface area (Å²) in [5.41, 5.74) is 1.91. The first-order valence-corrected chi connectivity index (χ1v) is 17.3. The van der Waals surface area contributed by atoms with Crippen molar-refractivity contribution in [3.05, 3.63) is 71.8 Å². The summed E-state index contributed by atoms with van der Waals surface area (Å²) in [6, 6.07) is 19.8. The molecule has 4 fully saturated rings. The second-order valence-electron chi connectivity index (χ2n) is 10.7. The zero-order chi connectivity index (χ0) is 31.8. The molecule has 2 aromatic rings. The molecule has 0 radical (unpaired) electrons. The molecule has 0 bridgehead atoms. The van der Waals surface area contributed by atoms with Gasteiger partial charge in [-0.05, 0) is 0 Å². The fraction of sp³-hybridized carbons (Fsp3) is 0.600. The predicted molar refractivity (Wildman–Crippen MR) is 171 cm³/mol. The van der Waals surface area contributed by atoms with Gasteiger partial charge in [-0.1, -0.05) is 60.7 Å². The van der Waals surface area contributed by atoms with E-state index in [4.69, 9.17) is 47.7 Å². The highest BCUT2D eigenvalue weighted by Crippen LogP contribution is 2.39. The molecule has 15 heteroatoms. The number of ether oxygens (including phenoxy) is 9. The molecule has 15 atom stereocenters. The van der Waals surface area contributed by atoms with Crippen LogP contribution in [-0.4, -0.2) is 115 Å². The summed E-state index contributed by atoms with van der Waals surface area (Å²) in [6.45, 7) is 0.341. The Balaban J connectivity index is 0.000000223. The molecule has 6 rings (SSSR count). The molecule has 0 amide bonds. The molecule has 4 heterocycles. The van der Waals surface area contributed by atoms with Crippen LogP contribution in [-0.2, 0) is 42.6 Å². The van der Waals surface area contributed by atoms with Crippen LogP contribution < -0.4 is 0 Å². The molecular formula is C30H43O12P3. The molecule has 4 saturated heterocycles. The van der Waals surface area contributed by atoms with Crippen molar-refractivity contribution in [2.24, 2.45) is 0 Å². The van der Waals surface area contributed by atoms with Gasteiger partial charge in [0.1, 0.15) is 48.8 Å². The quantitative estimate of drug-likeness (QED) is 0.296. The second kappa shape index (κ2) is 17.6. The van der Waals surface area contributed by atoms with Crippen molar-refractivity contribution in [3.63, 3.8) is 0 Å². The van der Waals surface area contributed by atoms with E-state index in [1.165, 1.54) is 0 Å². The molecule has 0 saturated carbocycles. The third-order valence-electron chi connectivity index (χ3n) is 7.77. The highest BCUT2D eigenvalue weighted by molar-refractivity contribution is 7.16. The van der Waals surface area contributed by atoms with Crippen LogP contribution in [0.1, 0.15) is 23.7 Å². The van der Waals surface area contributed by atoms with Crippen LogP contribution in [0.15, 0.2) is 60.7 Å². The maximum Gasteiger partial charge on any atom is 0.190 e. The van der Waals surface area contributed by atoms with Gasteiger partial charge in [0.25, 0.3) is 0 Å². The van der Waals surface area contributed by atoms with Crippen LogP contribution in [0.4, 0.5) is 0 Å². The molecular weight excluding hydrogens is 645 g/mol. The van der Waals surface area contributed by atoms with Crippen molar-refractivity contribution in [2.45, 2.75) is 74.0 Å². The van der Waals surface area contributed by atoms with Gasteiger partial charge in [-0.25, -0.2) is 0 Å². The molecule has 3 N–H and O–H groups in total. The van der Waals surface area contributed by atoms with Crippen molar-refractivity contribution in [3.8, 4) is 0 Å². The van der Waals surface area contributed by atoms with Gasteiger partial charge in [-0.2, -0.15) is 0 Å². The Bertz CT molecular complexity index is 1140. The lowest BCUT2D eigenvalue weighted by atomic mass is 9.99. The van der Waals surface area contributed by atoms with Gasteiger partial charge in [0.15, 0.2) is 25.2 Å². The summed E-state index contributed by atoms with van der Waals surface area (Å²) < 4.78 is 52.6. The minimum absolute atomic E-state index is 0.277. The number of rotatable bonds is 11. The predicted octanol–water partition coefficient (Wildman–Crippen LogP) is 1.69. The van der Waals surface area contributed by atoms with E-state index in [2.05, 4.69) is 27.7 Å². The Morgan fingerprint density at radius 1 is 0.778 bits per heavy atom. The van der Waals surface area contributed by atoms with Gasteiger partial charge in [0.2, 0.25) is 0 Å². The van der Waals surface area contributed by atoms with Gasteiger partial charge in [0, 0.05) is 17.3 Å². The van der Waals surface area contributed by atoms with E-state index in [1.54, 1.807) is 0 Å². The number of fused-ring (bicyclic) bond motifs is 2. The van der Waals surface area contributed by atoms with Crippen LogP contribution >= 0.6 is 27.7 Å². The van der Waals surface area contributed by atoms with Crippen molar-refractivity contribution >= 4 is 27.7 Å². The normalized spacial score (nSPS) is 35.5. The minimum atomic E-state index is -1.12. The molecule has 4 aliphatic heterocycles. The van der Waals surface area contributed by atoms with Crippen molar-refractivity contribution in [1.82, 2.24) is 0 Å². The summed E-state index contributed by atoms with van der Waals surface area (Å²) in [4.78, 5) is 0. The first kappa shape index (κ1) is 35.6. The maximum absolute atomic E-state index is 9.77. The van der Waals surface area contributed by atoms with Crippen molar-refractivity contribution < 1.29 is 58.0 Å². The molecule has 2 aromatic carbocycles. The van der Waals surface area contributed by atoms with E-state index in [0.29, 0.717) is 32.1 Å². The average molecular weight is 689 g/mol. The van der Waals surface area contributed by atoms with Gasteiger partial charge >= 0.3 is 0 Å².